The molecule has 6 heteroatoms. The highest BCUT2D eigenvalue weighted by Gasteiger charge is 2.09. The Morgan fingerprint density at radius 1 is 1.26 bits per heavy atom. The van der Waals surface area contributed by atoms with Gasteiger partial charge in [0.15, 0.2) is 4.34 Å². The molecule has 0 fully saturated rings. The molecule has 0 aliphatic heterocycles. The molecule has 0 spiro atoms. The Hall–Kier alpha value is -1.11. The molecule has 0 saturated carbocycles. The summed E-state index contributed by atoms with van der Waals surface area (Å²) >= 11 is 3.30. The van der Waals surface area contributed by atoms with Gasteiger partial charge in [-0.15, -0.1) is 10.2 Å². The molecule has 0 atom stereocenters. The lowest BCUT2D eigenvalue weighted by atomic mass is 10.2. The lowest BCUT2D eigenvalue weighted by molar-refractivity contribution is 0.718. The van der Waals surface area contributed by atoms with Crippen LogP contribution in [-0.2, 0) is 6.54 Å². The molecule has 1 aromatic carbocycles. The maximum absolute atomic E-state index is 4.22. The normalized spacial score (nSPS) is 10.7. The van der Waals surface area contributed by atoms with Gasteiger partial charge in [-0.05, 0) is 18.2 Å². The Morgan fingerprint density at radius 2 is 2.05 bits per heavy atom. The van der Waals surface area contributed by atoms with Crippen LogP contribution in [-0.4, -0.2) is 30.8 Å². The average molecular weight is 294 g/mol. The van der Waals surface area contributed by atoms with Crippen molar-refractivity contribution in [3.05, 3.63) is 29.8 Å². The number of hydrogen-bond acceptors (Lipinski definition) is 6. The predicted molar refractivity (Wildman–Crippen MR) is 82.2 cm³/mol. The summed E-state index contributed by atoms with van der Waals surface area (Å²) in [6, 6.07) is 8.42. The van der Waals surface area contributed by atoms with E-state index in [0.29, 0.717) is 0 Å². The summed E-state index contributed by atoms with van der Waals surface area (Å²) in [4.78, 5) is 3.22. The smallest absolute Gasteiger partial charge is 0.208 e. The number of anilines is 1. The fourth-order valence-electron chi connectivity index (χ4n) is 1.53. The summed E-state index contributed by atoms with van der Waals surface area (Å²) in [7, 11) is 3.96. The molecule has 0 unspecified atom stereocenters. The Bertz CT molecular complexity index is 525. The first-order valence-corrected chi connectivity index (χ1v) is 7.81. The molecular weight excluding hydrogens is 276 g/mol. The van der Waals surface area contributed by atoms with Crippen LogP contribution >= 0.6 is 23.1 Å². The molecule has 0 radical (unpaired) electrons. The average Bonchev–Trinajstić information content (AvgIpc) is 2.86. The van der Waals surface area contributed by atoms with Crippen molar-refractivity contribution in [1.82, 2.24) is 15.5 Å². The van der Waals surface area contributed by atoms with Gasteiger partial charge < -0.3 is 10.2 Å². The summed E-state index contributed by atoms with van der Waals surface area (Å²) in [5.41, 5.74) is 1.30. The molecule has 2 aromatic rings. The van der Waals surface area contributed by atoms with Crippen molar-refractivity contribution in [2.24, 2.45) is 0 Å². The van der Waals surface area contributed by atoms with Crippen LogP contribution in [0.1, 0.15) is 12.5 Å². The van der Waals surface area contributed by atoms with E-state index in [0.717, 1.165) is 22.6 Å². The van der Waals surface area contributed by atoms with Gasteiger partial charge in [-0.2, -0.15) is 0 Å². The lowest BCUT2D eigenvalue weighted by Gasteiger charge is -2.07. The number of aromatic nitrogens is 2. The maximum atomic E-state index is 4.22. The minimum Gasteiger partial charge on any atom is -0.353 e. The number of nitrogens with one attached hydrogen (secondary N) is 1. The Morgan fingerprint density at radius 3 is 2.74 bits per heavy atom. The van der Waals surface area contributed by atoms with Crippen LogP contribution in [0.15, 0.2) is 33.5 Å². The van der Waals surface area contributed by atoms with Gasteiger partial charge in [0.1, 0.15) is 0 Å². The third kappa shape index (κ3) is 3.92. The van der Waals surface area contributed by atoms with Gasteiger partial charge in [-0.1, -0.05) is 48.2 Å². The number of rotatable bonds is 6. The molecule has 1 N–H and O–H groups in total. The summed E-state index contributed by atoms with van der Waals surface area (Å²) in [6.45, 7) is 3.98. The quantitative estimate of drug-likeness (QED) is 0.887. The van der Waals surface area contributed by atoms with Crippen molar-refractivity contribution in [1.29, 1.82) is 0 Å². The first-order chi connectivity index (χ1) is 9.20. The Balaban J connectivity index is 2.13. The number of nitrogens with zero attached hydrogens (tertiary/aromatic N) is 3. The van der Waals surface area contributed by atoms with E-state index in [2.05, 4.69) is 46.7 Å². The van der Waals surface area contributed by atoms with E-state index in [1.165, 1.54) is 10.5 Å². The zero-order chi connectivity index (χ0) is 13.7. The summed E-state index contributed by atoms with van der Waals surface area (Å²) in [5, 5.41) is 12.7. The Labute approximate surface area is 122 Å². The van der Waals surface area contributed by atoms with Gasteiger partial charge >= 0.3 is 0 Å². The second-order valence-electron chi connectivity index (χ2n) is 4.24. The Kier molecular flexibility index (Phi) is 5.18. The van der Waals surface area contributed by atoms with Crippen LogP contribution in [0.5, 0.6) is 0 Å². The van der Waals surface area contributed by atoms with Crippen LogP contribution in [0.25, 0.3) is 0 Å². The number of hydrogen-bond donors (Lipinski definition) is 1. The van der Waals surface area contributed by atoms with Gasteiger partial charge in [0.05, 0.1) is 0 Å². The van der Waals surface area contributed by atoms with E-state index in [-0.39, 0.29) is 0 Å². The van der Waals surface area contributed by atoms with Gasteiger partial charge in [0, 0.05) is 25.5 Å². The van der Waals surface area contributed by atoms with Crippen molar-refractivity contribution in [2.45, 2.75) is 22.7 Å². The molecule has 19 heavy (non-hydrogen) atoms. The van der Waals surface area contributed by atoms with Crippen LogP contribution < -0.4 is 10.2 Å². The highest BCUT2D eigenvalue weighted by molar-refractivity contribution is 8.01. The predicted octanol–water partition coefficient (Wildman–Crippen LogP) is 2.86. The van der Waals surface area contributed by atoms with Gasteiger partial charge in [0.2, 0.25) is 5.13 Å². The standard InChI is InChI=1S/C13H18N4S2/c1-4-14-9-10-7-5-6-8-11(10)18-13-16-15-12(19-13)17(2)3/h5-8,14H,4,9H2,1-3H3. The molecule has 2 rings (SSSR count). The van der Waals surface area contributed by atoms with Crippen LogP contribution in [0, 0.1) is 0 Å². The zero-order valence-corrected chi connectivity index (χ0v) is 13.0. The monoisotopic (exact) mass is 294 g/mol. The zero-order valence-electron chi connectivity index (χ0n) is 11.4. The molecule has 4 nitrogen and oxygen atoms in total. The van der Waals surface area contributed by atoms with Crippen molar-refractivity contribution < 1.29 is 0 Å². The molecule has 0 bridgehead atoms. The van der Waals surface area contributed by atoms with Crippen LogP contribution in [0.2, 0.25) is 0 Å². The molecule has 1 heterocycles. The van der Waals surface area contributed by atoms with Crippen molar-refractivity contribution in [3.63, 3.8) is 0 Å². The van der Waals surface area contributed by atoms with E-state index in [1.807, 2.05) is 19.0 Å². The SMILES string of the molecule is CCNCc1ccccc1Sc1nnc(N(C)C)s1. The van der Waals surface area contributed by atoms with E-state index in [9.17, 15) is 0 Å². The third-order valence-corrected chi connectivity index (χ3v) is 4.77. The summed E-state index contributed by atoms with van der Waals surface area (Å²) in [6.07, 6.45) is 0. The molecule has 0 saturated heterocycles. The summed E-state index contributed by atoms with van der Waals surface area (Å²) < 4.78 is 0.979. The molecular formula is C13H18N4S2. The van der Waals surface area contributed by atoms with Crippen LogP contribution in [0.3, 0.4) is 0 Å². The molecule has 102 valence electrons. The van der Waals surface area contributed by atoms with E-state index >= 15 is 0 Å². The van der Waals surface area contributed by atoms with Gasteiger partial charge in [0.25, 0.3) is 0 Å². The van der Waals surface area contributed by atoms with Crippen molar-refractivity contribution >= 4 is 28.2 Å². The fraction of sp³-hybridized carbons (Fsp3) is 0.385. The lowest BCUT2D eigenvalue weighted by Crippen LogP contribution is -2.12. The third-order valence-electron chi connectivity index (χ3n) is 2.51. The summed E-state index contributed by atoms with van der Waals surface area (Å²) in [5.74, 6) is 0. The van der Waals surface area contributed by atoms with E-state index in [1.54, 1.807) is 23.1 Å². The van der Waals surface area contributed by atoms with Crippen LogP contribution in [0.4, 0.5) is 5.13 Å². The second-order valence-corrected chi connectivity index (χ2v) is 6.48. The van der Waals surface area contributed by atoms with E-state index < -0.39 is 0 Å². The van der Waals surface area contributed by atoms with E-state index in [4.69, 9.17) is 0 Å². The van der Waals surface area contributed by atoms with Gasteiger partial charge in [-0.25, -0.2) is 0 Å². The molecule has 0 aliphatic carbocycles. The highest BCUT2D eigenvalue weighted by atomic mass is 32.2. The molecule has 1 aromatic heterocycles. The van der Waals surface area contributed by atoms with Crippen molar-refractivity contribution in [3.8, 4) is 0 Å². The number of benzene rings is 1. The second kappa shape index (κ2) is 6.88. The molecule has 0 aliphatic rings. The first-order valence-electron chi connectivity index (χ1n) is 6.18. The highest BCUT2D eigenvalue weighted by Crippen LogP contribution is 2.34. The maximum Gasteiger partial charge on any atom is 0.208 e. The minimum absolute atomic E-state index is 0.888. The topological polar surface area (TPSA) is 41.1 Å². The minimum atomic E-state index is 0.888. The largest absolute Gasteiger partial charge is 0.353 e. The van der Waals surface area contributed by atoms with Gasteiger partial charge in [-0.3, -0.25) is 0 Å². The van der Waals surface area contributed by atoms with Crippen molar-refractivity contribution in [2.75, 3.05) is 25.5 Å². The molecule has 0 amide bonds. The first kappa shape index (κ1) is 14.3. The fourth-order valence-corrected chi connectivity index (χ4v) is 3.38.